The second-order valence-corrected chi connectivity index (χ2v) is 8.44. The number of aryl methyl sites for hydroxylation is 2. The molecule has 1 amide bonds. The van der Waals surface area contributed by atoms with Crippen LogP contribution in [0.3, 0.4) is 0 Å². The van der Waals surface area contributed by atoms with Crippen LogP contribution in [0.5, 0.6) is 17.2 Å². The molecular formula is C24H30N4O4S. The summed E-state index contributed by atoms with van der Waals surface area (Å²) < 4.78 is 18.6. The van der Waals surface area contributed by atoms with Crippen LogP contribution in [-0.2, 0) is 11.3 Å². The van der Waals surface area contributed by atoms with Crippen molar-refractivity contribution in [2.24, 2.45) is 0 Å². The monoisotopic (exact) mass is 470 g/mol. The number of nitrogens with zero attached hydrogens (tertiary/aromatic N) is 3. The first-order valence-corrected chi connectivity index (χ1v) is 11.7. The van der Waals surface area contributed by atoms with Crippen molar-refractivity contribution in [3.63, 3.8) is 0 Å². The summed E-state index contributed by atoms with van der Waals surface area (Å²) >= 11 is 1.33. The molecule has 0 aliphatic carbocycles. The van der Waals surface area contributed by atoms with E-state index >= 15 is 0 Å². The Labute approximate surface area is 198 Å². The maximum Gasteiger partial charge on any atom is 0.234 e. The van der Waals surface area contributed by atoms with Crippen LogP contribution < -0.4 is 19.5 Å². The molecule has 1 unspecified atom stereocenters. The summed E-state index contributed by atoms with van der Waals surface area (Å²) in [4.78, 5) is 12.5. The van der Waals surface area contributed by atoms with E-state index in [9.17, 15) is 4.79 Å². The van der Waals surface area contributed by atoms with Crippen LogP contribution in [0, 0.1) is 13.8 Å². The summed E-state index contributed by atoms with van der Waals surface area (Å²) in [5.41, 5.74) is 2.97. The van der Waals surface area contributed by atoms with Gasteiger partial charge in [0.1, 0.15) is 17.2 Å². The van der Waals surface area contributed by atoms with Gasteiger partial charge in [-0.25, -0.2) is 0 Å². The second-order valence-electron chi connectivity index (χ2n) is 7.49. The van der Waals surface area contributed by atoms with E-state index in [1.165, 1.54) is 22.9 Å². The molecule has 33 heavy (non-hydrogen) atoms. The van der Waals surface area contributed by atoms with Crippen LogP contribution in [0.4, 0.5) is 5.69 Å². The molecule has 9 heteroatoms. The number of hydrogen-bond acceptors (Lipinski definition) is 7. The Morgan fingerprint density at radius 3 is 2.48 bits per heavy atom. The summed E-state index contributed by atoms with van der Waals surface area (Å²) in [6, 6.07) is 11.3. The van der Waals surface area contributed by atoms with Crippen molar-refractivity contribution in [1.29, 1.82) is 0 Å². The number of nitrogens with one attached hydrogen (secondary N) is 1. The third-order valence-corrected chi connectivity index (χ3v) is 6.20. The highest BCUT2D eigenvalue weighted by molar-refractivity contribution is 7.99. The molecule has 176 valence electrons. The van der Waals surface area contributed by atoms with Gasteiger partial charge in [0.25, 0.3) is 0 Å². The molecule has 0 aliphatic rings. The quantitative estimate of drug-likeness (QED) is 0.426. The van der Waals surface area contributed by atoms with E-state index in [1.807, 2.05) is 36.6 Å². The van der Waals surface area contributed by atoms with Gasteiger partial charge in [0, 0.05) is 12.6 Å². The number of carbonyl (C=O) groups is 1. The number of thioether (sulfide) groups is 1. The number of methoxy groups -OCH3 is 2. The lowest BCUT2D eigenvalue weighted by atomic mass is 10.1. The van der Waals surface area contributed by atoms with Gasteiger partial charge in [0.05, 0.1) is 25.7 Å². The minimum Gasteiger partial charge on any atom is -0.497 e. The number of benzene rings is 2. The summed E-state index contributed by atoms with van der Waals surface area (Å²) in [7, 11) is 3.13. The first-order chi connectivity index (χ1) is 15.9. The molecule has 1 aromatic heterocycles. The molecule has 8 nitrogen and oxygen atoms in total. The fourth-order valence-electron chi connectivity index (χ4n) is 3.27. The van der Waals surface area contributed by atoms with Crippen molar-refractivity contribution >= 4 is 23.4 Å². The molecule has 0 spiro atoms. The van der Waals surface area contributed by atoms with Crippen LogP contribution in [-0.4, -0.2) is 40.6 Å². The predicted molar refractivity (Wildman–Crippen MR) is 130 cm³/mol. The number of ether oxygens (including phenoxy) is 3. The lowest BCUT2D eigenvalue weighted by molar-refractivity contribution is -0.113. The van der Waals surface area contributed by atoms with Gasteiger partial charge in [-0.1, -0.05) is 17.8 Å². The molecule has 0 saturated carbocycles. The van der Waals surface area contributed by atoms with Crippen molar-refractivity contribution in [1.82, 2.24) is 14.8 Å². The topological polar surface area (TPSA) is 87.5 Å². The van der Waals surface area contributed by atoms with Gasteiger partial charge >= 0.3 is 0 Å². The Kier molecular flexibility index (Phi) is 8.21. The Hall–Kier alpha value is -3.20. The summed E-state index contributed by atoms with van der Waals surface area (Å²) in [5, 5.41) is 12.2. The van der Waals surface area contributed by atoms with Gasteiger partial charge in [0.2, 0.25) is 5.91 Å². The lowest BCUT2D eigenvalue weighted by Gasteiger charge is -2.16. The minimum atomic E-state index is -0.286. The molecule has 0 bridgehead atoms. The molecule has 1 atom stereocenters. The van der Waals surface area contributed by atoms with Crippen LogP contribution in [0.15, 0.2) is 41.6 Å². The predicted octanol–water partition coefficient (Wildman–Crippen LogP) is 4.80. The van der Waals surface area contributed by atoms with Crippen molar-refractivity contribution in [2.75, 3.05) is 25.3 Å². The van der Waals surface area contributed by atoms with Crippen LogP contribution >= 0.6 is 11.8 Å². The zero-order chi connectivity index (χ0) is 24.0. The van der Waals surface area contributed by atoms with Crippen molar-refractivity contribution < 1.29 is 19.0 Å². The van der Waals surface area contributed by atoms with Gasteiger partial charge in [-0.3, -0.25) is 4.79 Å². The zero-order valence-electron chi connectivity index (χ0n) is 19.8. The maximum atomic E-state index is 12.5. The average molecular weight is 471 g/mol. The average Bonchev–Trinajstić information content (AvgIpc) is 3.23. The van der Waals surface area contributed by atoms with E-state index in [1.54, 1.807) is 32.4 Å². The smallest absolute Gasteiger partial charge is 0.234 e. The first kappa shape index (κ1) is 24.4. The summed E-state index contributed by atoms with van der Waals surface area (Å²) in [6.45, 7) is 8.76. The molecule has 1 heterocycles. The molecule has 0 fully saturated rings. The standard InChI is InChI=1S/C24H30N4O4S/c1-7-28-23(17(4)32-19-9-8-15(2)16(3)12-19)26-27-24(28)33-14-22(29)25-20-11-10-18(30-5)13-21(20)31-6/h8-13,17H,7,14H2,1-6H3,(H,25,29). The van der Waals surface area contributed by atoms with Crippen molar-refractivity contribution in [3.05, 3.63) is 53.3 Å². The van der Waals surface area contributed by atoms with Crippen LogP contribution in [0.2, 0.25) is 0 Å². The number of aromatic nitrogens is 3. The number of anilines is 1. The van der Waals surface area contributed by atoms with E-state index < -0.39 is 0 Å². The molecule has 2 aromatic carbocycles. The molecule has 3 aromatic rings. The minimum absolute atomic E-state index is 0.171. The number of carbonyl (C=O) groups excluding carboxylic acids is 1. The molecular weight excluding hydrogens is 440 g/mol. The van der Waals surface area contributed by atoms with Crippen LogP contribution in [0.25, 0.3) is 0 Å². The van der Waals surface area contributed by atoms with Crippen molar-refractivity contribution in [3.8, 4) is 17.2 Å². The van der Waals surface area contributed by atoms with Gasteiger partial charge in [-0.05, 0) is 63.1 Å². The highest BCUT2D eigenvalue weighted by atomic mass is 32.2. The third-order valence-electron chi connectivity index (χ3n) is 5.23. The number of rotatable bonds is 10. The van der Waals surface area contributed by atoms with Gasteiger partial charge in [-0.2, -0.15) is 0 Å². The Balaban J connectivity index is 1.65. The zero-order valence-corrected chi connectivity index (χ0v) is 20.7. The molecule has 0 saturated heterocycles. The highest BCUT2D eigenvalue weighted by Crippen LogP contribution is 2.30. The summed E-state index contributed by atoms with van der Waals surface area (Å²) in [5.74, 6) is 2.70. The van der Waals surface area contributed by atoms with Gasteiger partial charge < -0.3 is 24.1 Å². The Morgan fingerprint density at radius 1 is 1.06 bits per heavy atom. The molecule has 3 rings (SSSR count). The SMILES string of the molecule is CCn1c(SCC(=O)Nc2ccc(OC)cc2OC)nnc1C(C)Oc1ccc(C)c(C)c1. The largest absolute Gasteiger partial charge is 0.497 e. The fourth-order valence-corrected chi connectivity index (χ4v) is 4.08. The third kappa shape index (κ3) is 5.98. The van der Waals surface area contributed by atoms with E-state index in [4.69, 9.17) is 14.2 Å². The number of amides is 1. The van der Waals surface area contributed by atoms with Gasteiger partial charge in [-0.15, -0.1) is 10.2 Å². The first-order valence-electron chi connectivity index (χ1n) is 10.7. The number of hydrogen-bond donors (Lipinski definition) is 1. The summed E-state index contributed by atoms with van der Waals surface area (Å²) in [6.07, 6.45) is -0.286. The van der Waals surface area contributed by atoms with Gasteiger partial charge in [0.15, 0.2) is 17.1 Å². The van der Waals surface area contributed by atoms with E-state index in [0.717, 1.165) is 11.6 Å². The van der Waals surface area contributed by atoms with E-state index in [2.05, 4.69) is 29.4 Å². The molecule has 0 radical (unpaired) electrons. The van der Waals surface area contributed by atoms with E-state index in [0.29, 0.717) is 28.9 Å². The van der Waals surface area contributed by atoms with E-state index in [-0.39, 0.29) is 17.8 Å². The molecule has 0 aliphatic heterocycles. The lowest BCUT2D eigenvalue weighted by Crippen LogP contribution is -2.16. The molecule has 1 N–H and O–H groups in total. The van der Waals surface area contributed by atoms with Crippen molar-refractivity contribution in [2.45, 2.75) is 45.5 Å². The highest BCUT2D eigenvalue weighted by Gasteiger charge is 2.20. The second kappa shape index (κ2) is 11.1. The van der Waals surface area contributed by atoms with Crippen LogP contribution in [0.1, 0.15) is 36.9 Å². The Morgan fingerprint density at radius 2 is 1.82 bits per heavy atom. The Bertz CT molecular complexity index is 1120. The normalized spacial score (nSPS) is 11.7. The maximum absolute atomic E-state index is 12.5. The fraction of sp³-hybridized carbons (Fsp3) is 0.375.